The van der Waals surface area contributed by atoms with Gasteiger partial charge < -0.3 is 15.4 Å². The molecule has 0 heterocycles. The van der Waals surface area contributed by atoms with Crippen molar-refractivity contribution in [3.63, 3.8) is 0 Å². The van der Waals surface area contributed by atoms with Crippen molar-refractivity contribution in [3.05, 3.63) is 0 Å². The second-order valence-corrected chi connectivity index (χ2v) is 8.90. The molecular weight excluding hydrogens is 334 g/mol. The third kappa shape index (κ3) is 10.6. The molecule has 2 atom stereocenters. The zero-order chi connectivity index (χ0) is 18.7. The highest BCUT2D eigenvalue weighted by molar-refractivity contribution is 7.99. The summed E-state index contributed by atoms with van der Waals surface area (Å²) in [5, 5.41) is 7.73. The van der Waals surface area contributed by atoms with Gasteiger partial charge in [0.1, 0.15) is 5.60 Å². The molecule has 0 saturated heterocycles. The van der Waals surface area contributed by atoms with Gasteiger partial charge in [-0.1, -0.05) is 12.8 Å². The Balaban J connectivity index is 2.03. The Hall–Kier alpha value is -0.910. The van der Waals surface area contributed by atoms with E-state index < -0.39 is 0 Å². The Morgan fingerprint density at radius 3 is 2.52 bits per heavy atom. The maximum absolute atomic E-state index is 11.6. The van der Waals surface area contributed by atoms with Crippen LogP contribution in [0.4, 0.5) is 0 Å². The number of nitrogens with zero attached hydrogens (tertiary/aromatic N) is 1. The Morgan fingerprint density at radius 1 is 1.20 bits per heavy atom. The molecule has 5 nitrogen and oxygen atoms in total. The molecule has 0 spiro atoms. The van der Waals surface area contributed by atoms with Crippen molar-refractivity contribution < 1.29 is 9.53 Å². The van der Waals surface area contributed by atoms with Crippen LogP contribution in [0, 0.1) is 0 Å². The minimum absolute atomic E-state index is 0.0877. The predicted octanol–water partition coefficient (Wildman–Crippen LogP) is 3.73. The fraction of sp³-hybridized carbons (Fsp3) is 0.895. The predicted molar refractivity (Wildman–Crippen MR) is 108 cm³/mol. The average Bonchev–Trinajstić information content (AvgIpc) is 2.98. The van der Waals surface area contributed by atoms with Crippen LogP contribution in [0.3, 0.4) is 0 Å². The number of nitrogens with one attached hydrogen (secondary N) is 2. The quantitative estimate of drug-likeness (QED) is 0.280. The minimum atomic E-state index is -0.376. The molecular formula is C19H37N3O2S. The lowest BCUT2D eigenvalue weighted by Crippen LogP contribution is -2.42. The number of unbranched alkanes of at least 4 members (excludes halogenated alkanes) is 3. The average molecular weight is 372 g/mol. The van der Waals surface area contributed by atoms with E-state index in [1.807, 2.05) is 39.6 Å². The molecule has 0 aromatic heterocycles. The van der Waals surface area contributed by atoms with E-state index in [0.717, 1.165) is 43.4 Å². The highest BCUT2D eigenvalue weighted by Crippen LogP contribution is 2.27. The van der Waals surface area contributed by atoms with E-state index in [0.29, 0.717) is 12.5 Å². The number of carbonyl (C=O) groups is 1. The van der Waals surface area contributed by atoms with E-state index in [4.69, 9.17) is 4.74 Å². The van der Waals surface area contributed by atoms with Crippen LogP contribution >= 0.6 is 11.8 Å². The normalized spacial score (nSPS) is 21.2. The molecule has 1 aliphatic rings. The SMILES string of the molecule is CN=C(NCCCCCCC(=O)OC(C)(C)C)NC1CCC(SC)C1. The van der Waals surface area contributed by atoms with E-state index in [9.17, 15) is 4.79 Å². The van der Waals surface area contributed by atoms with Crippen LogP contribution in [0.5, 0.6) is 0 Å². The molecule has 1 aliphatic carbocycles. The highest BCUT2D eigenvalue weighted by atomic mass is 32.2. The molecule has 146 valence electrons. The molecule has 2 unspecified atom stereocenters. The van der Waals surface area contributed by atoms with Gasteiger partial charge in [0, 0.05) is 31.3 Å². The molecule has 2 N–H and O–H groups in total. The van der Waals surface area contributed by atoms with Crippen LogP contribution in [-0.2, 0) is 9.53 Å². The van der Waals surface area contributed by atoms with E-state index in [1.165, 1.54) is 19.3 Å². The number of aliphatic imine (C=N–C) groups is 1. The van der Waals surface area contributed by atoms with Gasteiger partial charge in [-0.25, -0.2) is 0 Å². The highest BCUT2D eigenvalue weighted by Gasteiger charge is 2.24. The number of ether oxygens (including phenoxy) is 1. The van der Waals surface area contributed by atoms with Crippen molar-refractivity contribution in [1.82, 2.24) is 10.6 Å². The Labute approximate surface area is 158 Å². The lowest BCUT2D eigenvalue weighted by molar-refractivity contribution is -0.154. The van der Waals surface area contributed by atoms with Gasteiger partial charge in [-0.3, -0.25) is 9.79 Å². The second kappa shape index (κ2) is 11.7. The molecule has 0 aromatic rings. The van der Waals surface area contributed by atoms with Gasteiger partial charge >= 0.3 is 5.97 Å². The minimum Gasteiger partial charge on any atom is -0.460 e. The van der Waals surface area contributed by atoms with Crippen LogP contribution < -0.4 is 10.6 Å². The maximum atomic E-state index is 11.6. The topological polar surface area (TPSA) is 62.7 Å². The first kappa shape index (κ1) is 22.1. The fourth-order valence-electron chi connectivity index (χ4n) is 3.02. The van der Waals surface area contributed by atoms with E-state index in [1.54, 1.807) is 0 Å². The summed E-state index contributed by atoms with van der Waals surface area (Å²) in [7, 11) is 1.83. The number of thioether (sulfide) groups is 1. The molecule has 1 fully saturated rings. The first-order chi connectivity index (χ1) is 11.8. The molecule has 1 saturated carbocycles. The van der Waals surface area contributed by atoms with Gasteiger partial charge in [0.15, 0.2) is 5.96 Å². The van der Waals surface area contributed by atoms with Crippen molar-refractivity contribution in [2.45, 2.75) is 89.0 Å². The fourth-order valence-corrected chi connectivity index (χ4v) is 3.82. The van der Waals surface area contributed by atoms with Crippen LogP contribution in [0.1, 0.15) is 72.1 Å². The summed E-state index contributed by atoms with van der Waals surface area (Å²) in [5.74, 6) is 0.829. The number of esters is 1. The number of rotatable bonds is 9. The molecule has 6 heteroatoms. The van der Waals surface area contributed by atoms with Gasteiger partial charge in [0.25, 0.3) is 0 Å². The molecule has 25 heavy (non-hydrogen) atoms. The van der Waals surface area contributed by atoms with Crippen molar-refractivity contribution in [3.8, 4) is 0 Å². The third-order valence-corrected chi connectivity index (χ3v) is 5.40. The van der Waals surface area contributed by atoms with Gasteiger partial charge in [-0.15, -0.1) is 0 Å². The lowest BCUT2D eigenvalue weighted by Gasteiger charge is -2.19. The van der Waals surface area contributed by atoms with Crippen LogP contribution in [0.15, 0.2) is 4.99 Å². The monoisotopic (exact) mass is 371 g/mol. The second-order valence-electron chi connectivity index (χ2n) is 7.76. The van der Waals surface area contributed by atoms with E-state index in [-0.39, 0.29) is 11.6 Å². The molecule has 0 aromatic carbocycles. The summed E-state index contributed by atoms with van der Waals surface area (Å²) >= 11 is 1.97. The zero-order valence-electron chi connectivity index (χ0n) is 16.7. The van der Waals surface area contributed by atoms with Gasteiger partial charge in [-0.2, -0.15) is 11.8 Å². The van der Waals surface area contributed by atoms with Gasteiger partial charge in [-0.05, 0) is 59.1 Å². The molecule has 0 amide bonds. The van der Waals surface area contributed by atoms with Crippen molar-refractivity contribution in [2.75, 3.05) is 19.8 Å². The lowest BCUT2D eigenvalue weighted by atomic mass is 10.1. The largest absolute Gasteiger partial charge is 0.460 e. The zero-order valence-corrected chi connectivity index (χ0v) is 17.5. The summed E-state index contributed by atoms with van der Waals surface area (Å²) in [6.45, 7) is 6.64. The van der Waals surface area contributed by atoms with E-state index in [2.05, 4.69) is 21.9 Å². The van der Waals surface area contributed by atoms with E-state index >= 15 is 0 Å². The summed E-state index contributed by atoms with van der Waals surface area (Å²) in [5.41, 5.74) is -0.376. The van der Waals surface area contributed by atoms with Crippen LogP contribution in [0.2, 0.25) is 0 Å². The van der Waals surface area contributed by atoms with Crippen molar-refractivity contribution >= 4 is 23.7 Å². The molecule has 0 radical (unpaired) electrons. The summed E-state index contributed by atoms with van der Waals surface area (Å²) in [6, 6.07) is 0.553. The molecule has 0 aliphatic heterocycles. The third-order valence-electron chi connectivity index (χ3n) is 4.30. The Morgan fingerprint density at radius 2 is 1.92 bits per heavy atom. The standard InChI is InChI=1S/C19H37N3O2S/c1-19(2,3)24-17(23)10-8-6-7-9-13-21-18(20-4)22-15-11-12-16(14-15)25-5/h15-16H,6-14H2,1-5H3,(H2,20,21,22). The number of guanidine groups is 1. The summed E-state index contributed by atoms with van der Waals surface area (Å²) in [6.07, 6.45) is 10.6. The molecule has 1 rings (SSSR count). The smallest absolute Gasteiger partial charge is 0.306 e. The first-order valence-electron chi connectivity index (χ1n) is 9.56. The van der Waals surface area contributed by atoms with Crippen LogP contribution in [-0.4, -0.2) is 48.7 Å². The Kier molecular flexibility index (Phi) is 10.3. The number of hydrogen-bond acceptors (Lipinski definition) is 4. The van der Waals surface area contributed by atoms with Crippen molar-refractivity contribution in [2.24, 2.45) is 4.99 Å². The summed E-state index contributed by atoms with van der Waals surface area (Å²) < 4.78 is 5.31. The summed E-state index contributed by atoms with van der Waals surface area (Å²) in [4.78, 5) is 15.9. The van der Waals surface area contributed by atoms with Crippen molar-refractivity contribution in [1.29, 1.82) is 0 Å². The first-order valence-corrected chi connectivity index (χ1v) is 10.8. The Bertz CT molecular complexity index is 421. The number of carbonyl (C=O) groups excluding carboxylic acids is 1. The van der Waals surface area contributed by atoms with Gasteiger partial charge in [0.05, 0.1) is 0 Å². The van der Waals surface area contributed by atoms with Gasteiger partial charge in [0.2, 0.25) is 0 Å². The maximum Gasteiger partial charge on any atom is 0.306 e. The molecule has 0 bridgehead atoms. The number of hydrogen-bond donors (Lipinski definition) is 2. The van der Waals surface area contributed by atoms with Crippen LogP contribution in [0.25, 0.3) is 0 Å².